The quantitative estimate of drug-likeness (QED) is 0.621. The molecule has 8 heteroatoms. The van der Waals surface area contributed by atoms with E-state index in [1.165, 1.54) is 4.57 Å². The average Bonchev–Trinajstić information content (AvgIpc) is 3.08. The maximum absolute atomic E-state index is 12.0. The monoisotopic (exact) mass is 357 g/mol. The van der Waals surface area contributed by atoms with Crippen molar-refractivity contribution < 1.29 is 14.9 Å². The molecule has 0 aromatic carbocycles. The van der Waals surface area contributed by atoms with Crippen LogP contribution in [0.5, 0.6) is 0 Å². The third-order valence-electron chi connectivity index (χ3n) is 3.46. The molecular weight excluding hydrogens is 341 g/mol. The Morgan fingerprint density at radius 2 is 2.38 bits per heavy atom. The first kappa shape index (κ1) is 14.5. The first-order valence-electron chi connectivity index (χ1n) is 6.47. The number of aliphatic hydroxyl groups excluding tert-OH is 2. The SMILES string of the molecule is Nc1nc(=O)n([C@H]2C[C@H](O)[C@@H](CO)O2)cc1-c1ccc[se]1. The topological polar surface area (TPSA) is 111 Å². The van der Waals surface area contributed by atoms with Crippen LogP contribution in [0.15, 0.2) is 28.1 Å². The Bertz CT molecular complexity index is 685. The van der Waals surface area contributed by atoms with Crippen molar-refractivity contribution in [3.8, 4) is 10.0 Å². The van der Waals surface area contributed by atoms with Gasteiger partial charge in [-0.2, -0.15) is 0 Å². The van der Waals surface area contributed by atoms with Crippen LogP contribution in [0, 0.1) is 0 Å². The van der Waals surface area contributed by atoms with Crippen LogP contribution in [0.4, 0.5) is 5.82 Å². The summed E-state index contributed by atoms with van der Waals surface area (Å²) in [6, 6.07) is 3.89. The predicted molar refractivity (Wildman–Crippen MR) is 76.9 cm³/mol. The van der Waals surface area contributed by atoms with Gasteiger partial charge in [0.1, 0.15) is 0 Å². The van der Waals surface area contributed by atoms with E-state index in [1.807, 2.05) is 12.1 Å². The van der Waals surface area contributed by atoms with Crippen molar-refractivity contribution in [2.45, 2.75) is 24.9 Å². The number of hydrogen-bond donors (Lipinski definition) is 3. The standard InChI is InChI=1S/C13H15N3O4Se/c14-12-7(10-2-1-3-21-10)5-16(13(19)15-12)11-4-8(18)9(6-17)20-11/h1-3,5,8-9,11,17-18H,4,6H2,(H2,14,15,19)/t8-,9+,11+/m0/s1. The molecule has 3 heterocycles. The molecule has 21 heavy (non-hydrogen) atoms. The van der Waals surface area contributed by atoms with E-state index in [9.17, 15) is 9.90 Å². The maximum atomic E-state index is 12.0. The van der Waals surface area contributed by atoms with E-state index in [-0.39, 0.29) is 33.3 Å². The van der Waals surface area contributed by atoms with Gasteiger partial charge in [-0.25, -0.2) is 0 Å². The molecule has 0 aliphatic carbocycles. The van der Waals surface area contributed by atoms with Gasteiger partial charge in [-0.15, -0.1) is 0 Å². The predicted octanol–water partition coefficient (Wildman–Crippen LogP) is -0.810. The summed E-state index contributed by atoms with van der Waals surface area (Å²) in [4.78, 5) is 17.9. The molecule has 0 spiro atoms. The zero-order valence-corrected chi connectivity index (χ0v) is 12.8. The fourth-order valence-corrected chi connectivity index (χ4v) is 3.92. The van der Waals surface area contributed by atoms with Crippen molar-refractivity contribution in [1.82, 2.24) is 9.55 Å². The number of aliphatic hydroxyl groups is 2. The van der Waals surface area contributed by atoms with Crippen molar-refractivity contribution >= 4 is 20.3 Å². The van der Waals surface area contributed by atoms with Crippen molar-refractivity contribution in [3.63, 3.8) is 0 Å². The fraction of sp³-hybridized carbons (Fsp3) is 0.385. The van der Waals surface area contributed by atoms with Gasteiger partial charge in [-0.3, -0.25) is 0 Å². The second kappa shape index (κ2) is 5.75. The van der Waals surface area contributed by atoms with Gasteiger partial charge in [0, 0.05) is 0 Å². The minimum absolute atomic E-state index is 0.168. The number of rotatable bonds is 3. The third-order valence-corrected chi connectivity index (χ3v) is 5.36. The van der Waals surface area contributed by atoms with E-state index in [4.69, 9.17) is 15.6 Å². The Labute approximate surface area is 126 Å². The molecule has 0 bridgehead atoms. The summed E-state index contributed by atoms with van der Waals surface area (Å²) in [5.74, 6) is 0.199. The molecule has 1 fully saturated rings. The van der Waals surface area contributed by atoms with Crippen molar-refractivity contribution in [2.24, 2.45) is 0 Å². The van der Waals surface area contributed by atoms with Crippen LogP contribution in [0.2, 0.25) is 0 Å². The number of hydrogen-bond acceptors (Lipinski definition) is 6. The van der Waals surface area contributed by atoms with Crippen molar-refractivity contribution in [1.29, 1.82) is 0 Å². The molecule has 7 nitrogen and oxygen atoms in total. The molecule has 0 amide bonds. The molecule has 0 radical (unpaired) electrons. The van der Waals surface area contributed by atoms with Crippen LogP contribution < -0.4 is 11.4 Å². The molecule has 4 N–H and O–H groups in total. The Morgan fingerprint density at radius 1 is 1.57 bits per heavy atom. The summed E-state index contributed by atoms with van der Waals surface area (Å²) in [6.07, 6.45) is -0.260. The van der Waals surface area contributed by atoms with Crippen LogP contribution in [-0.2, 0) is 4.74 Å². The zero-order valence-electron chi connectivity index (χ0n) is 11.0. The summed E-state index contributed by atoms with van der Waals surface area (Å²) in [6.45, 7) is -0.292. The number of aromatic nitrogens is 2. The summed E-state index contributed by atoms with van der Waals surface area (Å²) >= 11 is 0.168. The number of nitrogens with zero attached hydrogens (tertiary/aromatic N) is 2. The normalized spacial score (nSPS) is 25.3. The molecule has 3 rings (SSSR count). The third kappa shape index (κ3) is 2.68. The van der Waals surface area contributed by atoms with Gasteiger partial charge in [-0.1, -0.05) is 0 Å². The molecule has 0 unspecified atom stereocenters. The van der Waals surface area contributed by atoms with Crippen LogP contribution in [-0.4, -0.2) is 53.1 Å². The molecule has 2 aromatic heterocycles. The van der Waals surface area contributed by atoms with Gasteiger partial charge >= 0.3 is 126 Å². The number of anilines is 1. The second-order valence-electron chi connectivity index (χ2n) is 4.82. The Morgan fingerprint density at radius 3 is 3.00 bits per heavy atom. The van der Waals surface area contributed by atoms with Crippen LogP contribution in [0.25, 0.3) is 10.0 Å². The Hall–Kier alpha value is -1.44. The second-order valence-corrected chi connectivity index (χ2v) is 6.81. The van der Waals surface area contributed by atoms with Crippen LogP contribution >= 0.6 is 0 Å². The number of ether oxygens (including phenoxy) is 1. The van der Waals surface area contributed by atoms with Crippen LogP contribution in [0.3, 0.4) is 0 Å². The van der Waals surface area contributed by atoms with E-state index >= 15 is 0 Å². The first-order valence-corrected chi connectivity index (χ1v) is 8.31. The average molecular weight is 356 g/mol. The van der Waals surface area contributed by atoms with Gasteiger partial charge < -0.3 is 0 Å². The summed E-state index contributed by atoms with van der Waals surface area (Å²) in [7, 11) is 0. The van der Waals surface area contributed by atoms with Gasteiger partial charge in [0.2, 0.25) is 0 Å². The molecule has 112 valence electrons. The van der Waals surface area contributed by atoms with E-state index in [0.29, 0.717) is 5.56 Å². The molecule has 2 aromatic rings. The van der Waals surface area contributed by atoms with Crippen LogP contribution in [0.1, 0.15) is 12.6 Å². The Balaban J connectivity index is 2.00. The molecule has 1 aliphatic heterocycles. The summed E-state index contributed by atoms with van der Waals surface area (Å²) < 4.78 is 7.87. The summed E-state index contributed by atoms with van der Waals surface area (Å²) in [5.41, 5.74) is 6.03. The number of nitrogens with two attached hydrogens (primary N) is 1. The van der Waals surface area contributed by atoms with Gasteiger partial charge in [0.05, 0.1) is 0 Å². The molecule has 0 saturated carbocycles. The van der Waals surface area contributed by atoms with E-state index in [0.717, 1.165) is 4.44 Å². The summed E-state index contributed by atoms with van der Waals surface area (Å²) in [5, 5.41) is 18.9. The fourth-order valence-electron chi connectivity index (χ4n) is 2.36. The zero-order chi connectivity index (χ0) is 15.0. The van der Waals surface area contributed by atoms with Gasteiger partial charge in [0.25, 0.3) is 0 Å². The van der Waals surface area contributed by atoms with E-state index < -0.39 is 24.1 Å². The molecule has 1 aliphatic rings. The minimum atomic E-state index is -0.801. The Kier molecular flexibility index (Phi) is 3.97. The van der Waals surface area contributed by atoms with E-state index in [2.05, 4.69) is 9.92 Å². The van der Waals surface area contributed by atoms with Crippen molar-refractivity contribution in [2.75, 3.05) is 12.3 Å². The first-order chi connectivity index (χ1) is 10.1. The van der Waals surface area contributed by atoms with E-state index in [1.54, 1.807) is 6.20 Å². The van der Waals surface area contributed by atoms with Crippen molar-refractivity contribution in [3.05, 3.63) is 33.8 Å². The molecule has 3 atom stereocenters. The van der Waals surface area contributed by atoms with Gasteiger partial charge in [0.15, 0.2) is 0 Å². The molecular formula is C13H15N3O4Se. The molecule has 1 saturated heterocycles. The van der Waals surface area contributed by atoms with Gasteiger partial charge in [-0.05, 0) is 0 Å². The number of nitrogen functional groups attached to an aromatic ring is 1.